The molecule has 2 aliphatic rings. The number of hydrogen-bond donors (Lipinski definition) is 1. The Morgan fingerprint density at radius 1 is 1.04 bits per heavy atom. The average Bonchev–Trinajstić information content (AvgIpc) is 3.18. The molecule has 0 bridgehead atoms. The number of carboxylic acid groups (broad SMARTS) is 1. The van der Waals surface area contributed by atoms with E-state index in [1.807, 2.05) is 42.5 Å². The molecular weight excluding hydrogens is 354 g/mol. The van der Waals surface area contributed by atoms with Crippen LogP contribution in [-0.2, 0) is 22.6 Å². The standard InChI is InChI=1S/C23H23NO4/c25-22(26)21-13-20(19-11-10-17-8-4-5-9-18(17)12-19)14-24(21)23(27)28-15-16-6-2-1-3-7-16/h1-9,12,20-21H,10-11,13-15H2,(H,25,26)/t20?,21-/m0/s1. The number of aliphatic carboxylic acids is 1. The van der Waals surface area contributed by atoms with Gasteiger partial charge in [0.25, 0.3) is 0 Å². The fraction of sp³-hybridized carbons (Fsp3) is 0.304. The molecule has 2 atom stereocenters. The Morgan fingerprint density at radius 3 is 2.57 bits per heavy atom. The number of benzene rings is 2. The Kier molecular flexibility index (Phi) is 5.15. The Bertz CT molecular complexity index is 906. The molecule has 4 rings (SSSR count). The van der Waals surface area contributed by atoms with Gasteiger partial charge in [0.1, 0.15) is 12.6 Å². The molecule has 1 unspecified atom stereocenters. The molecule has 0 aromatic heterocycles. The van der Waals surface area contributed by atoms with Crippen molar-refractivity contribution in [1.82, 2.24) is 4.90 Å². The maximum Gasteiger partial charge on any atom is 0.410 e. The number of amides is 1. The maximum absolute atomic E-state index is 12.6. The van der Waals surface area contributed by atoms with Crippen molar-refractivity contribution in [3.8, 4) is 0 Å². The topological polar surface area (TPSA) is 66.8 Å². The summed E-state index contributed by atoms with van der Waals surface area (Å²) in [6.45, 7) is 0.530. The molecule has 144 valence electrons. The fourth-order valence-electron chi connectivity index (χ4n) is 4.12. The first-order chi connectivity index (χ1) is 13.6. The zero-order valence-electron chi connectivity index (χ0n) is 15.6. The van der Waals surface area contributed by atoms with E-state index in [4.69, 9.17) is 4.74 Å². The molecule has 0 saturated carbocycles. The minimum absolute atomic E-state index is 0.0544. The summed E-state index contributed by atoms with van der Waals surface area (Å²) in [4.78, 5) is 25.7. The zero-order valence-corrected chi connectivity index (χ0v) is 15.6. The van der Waals surface area contributed by atoms with Crippen molar-refractivity contribution in [1.29, 1.82) is 0 Å². The summed E-state index contributed by atoms with van der Waals surface area (Å²) in [6, 6.07) is 16.8. The Labute approximate surface area is 164 Å². The van der Waals surface area contributed by atoms with Gasteiger partial charge in [0.05, 0.1) is 0 Å². The molecule has 5 nitrogen and oxygen atoms in total. The summed E-state index contributed by atoms with van der Waals surface area (Å²) < 4.78 is 5.39. The third-order valence-corrected chi connectivity index (χ3v) is 5.63. The molecular formula is C23H23NO4. The number of ether oxygens (including phenoxy) is 1. The van der Waals surface area contributed by atoms with Gasteiger partial charge in [-0.05, 0) is 36.0 Å². The van der Waals surface area contributed by atoms with Crippen molar-refractivity contribution in [2.75, 3.05) is 6.54 Å². The molecule has 0 spiro atoms. The Hall–Kier alpha value is -3.08. The van der Waals surface area contributed by atoms with Gasteiger partial charge in [-0.2, -0.15) is 0 Å². The van der Waals surface area contributed by atoms with E-state index in [1.165, 1.54) is 21.6 Å². The molecule has 1 amide bonds. The number of likely N-dealkylation sites (tertiary alicyclic amines) is 1. The lowest BCUT2D eigenvalue weighted by Gasteiger charge is -2.22. The van der Waals surface area contributed by atoms with Gasteiger partial charge in [0.2, 0.25) is 0 Å². The van der Waals surface area contributed by atoms with Gasteiger partial charge in [0, 0.05) is 12.5 Å². The predicted octanol–water partition coefficient (Wildman–Crippen LogP) is 4.13. The lowest BCUT2D eigenvalue weighted by atomic mass is 9.84. The second-order valence-corrected chi connectivity index (χ2v) is 7.40. The van der Waals surface area contributed by atoms with Crippen molar-refractivity contribution in [2.24, 2.45) is 5.92 Å². The van der Waals surface area contributed by atoms with Crippen LogP contribution in [0.2, 0.25) is 0 Å². The van der Waals surface area contributed by atoms with Gasteiger partial charge in [-0.15, -0.1) is 0 Å². The largest absolute Gasteiger partial charge is 0.480 e. The van der Waals surface area contributed by atoms with Gasteiger partial charge in [-0.25, -0.2) is 9.59 Å². The molecule has 5 heteroatoms. The minimum Gasteiger partial charge on any atom is -0.480 e. The number of aryl methyl sites for hydroxylation is 1. The predicted molar refractivity (Wildman–Crippen MR) is 106 cm³/mol. The molecule has 2 aromatic rings. The highest BCUT2D eigenvalue weighted by molar-refractivity contribution is 5.81. The number of nitrogens with zero attached hydrogens (tertiary/aromatic N) is 1. The summed E-state index contributed by atoms with van der Waals surface area (Å²) in [5, 5.41) is 9.62. The van der Waals surface area contributed by atoms with Crippen LogP contribution in [0.25, 0.3) is 6.08 Å². The lowest BCUT2D eigenvalue weighted by molar-refractivity contribution is -0.141. The first-order valence-corrected chi connectivity index (χ1v) is 9.60. The smallest absolute Gasteiger partial charge is 0.410 e. The SMILES string of the molecule is O=C(O)[C@@H]1CC(C2=Cc3ccccc3CC2)CN1C(=O)OCc1ccccc1. The van der Waals surface area contributed by atoms with E-state index in [1.54, 1.807) is 0 Å². The number of fused-ring (bicyclic) bond motifs is 1. The van der Waals surface area contributed by atoms with Gasteiger partial charge >= 0.3 is 12.1 Å². The van der Waals surface area contributed by atoms with Crippen molar-refractivity contribution >= 4 is 18.1 Å². The summed E-state index contributed by atoms with van der Waals surface area (Å²) in [6.07, 6.45) is 3.90. The van der Waals surface area contributed by atoms with Crippen molar-refractivity contribution in [2.45, 2.75) is 31.9 Å². The van der Waals surface area contributed by atoms with E-state index >= 15 is 0 Å². The Balaban J connectivity index is 1.47. The molecule has 1 fully saturated rings. The monoisotopic (exact) mass is 377 g/mol. The highest BCUT2D eigenvalue weighted by Gasteiger charge is 2.42. The maximum atomic E-state index is 12.6. The second-order valence-electron chi connectivity index (χ2n) is 7.40. The molecule has 28 heavy (non-hydrogen) atoms. The molecule has 1 N–H and O–H groups in total. The summed E-state index contributed by atoms with van der Waals surface area (Å²) in [7, 11) is 0. The number of carbonyl (C=O) groups excluding carboxylic acids is 1. The molecule has 1 heterocycles. The number of hydrogen-bond acceptors (Lipinski definition) is 3. The molecule has 0 radical (unpaired) electrons. The van der Waals surface area contributed by atoms with Gasteiger partial charge in [-0.1, -0.05) is 66.2 Å². The van der Waals surface area contributed by atoms with Crippen molar-refractivity contribution in [3.05, 3.63) is 76.9 Å². The minimum atomic E-state index is -0.976. The van der Waals surface area contributed by atoms with Crippen LogP contribution in [0.1, 0.15) is 29.5 Å². The Morgan fingerprint density at radius 2 is 1.79 bits per heavy atom. The third kappa shape index (κ3) is 3.79. The van der Waals surface area contributed by atoms with Crippen LogP contribution >= 0.6 is 0 Å². The highest BCUT2D eigenvalue weighted by Crippen LogP contribution is 2.36. The lowest BCUT2D eigenvalue weighted by Crippen LogP contribution is -2.40. The summed E-state index contributed by atoms with van der Waals surface area (Å²) >= 11 is 0. The summed E-state index contributed by atoms with van der Waals surface area (Å²) in [5.41, 5.74) is 4.62. The molecule has 1 saturated heterocycles. The van der Waals surface area contributed by atoms with Crippen LogP contribution in [0.3, 0.4) is 0 Å². The van der Waals surface area contributed by atoms with Crippen LogP contribution < -0.4 is 0 Å². The van der Waals surface area contributed by atoms with Crippen LogP contribution in [-0.4, -0.2) is 34.7 Å². The van der Waals surface area contributed by atoms with Crippen molar-refractivity contribution in [3.63, 3.8) is 0 Å². The molecule has 1 aliphatic heterocycles. The second kappa shape index (κ2) is 7.89. The van der Waals surface area contributed by atoms with Gasteiger partial charge in [0.15, 0.2) is 0 Å². The normalized spacial score (nSPS) is 21.0. The van der Waals surface area contributed by atoms with Crippen LogP contribution in [0, 0.1) is 5.92 Å². The first kappa shape index (κ1) is 18.3. The van der Waals surface area contributed by atoms with E-state index in [0.717, 1.165) is 18.4 Å². The van der Waals surface area contributed by atoms with E-state index in [2.05, 4.69) is 18.2 Å². The molecule has 1 aliphatic carbocycles. The average molecular weight is 377 g/mol. The third-order valence-electron chi connectivity index (χ3n) is 5.63. The van der Waals surface area contributed by atoms with Gasteiger partial charge in [-0.3, -0.25) is 4.90 Å². The van der Waals surface area contributed by atoms with E-state index in [9.17, 15) is 14.7 Å². The first-order valence-electron chi connectivity index (χ1n) is 9.60. The van der Waals surface area contributed by atoms with Crippen LogP contribution in [0.4, 0.5) is 4.79 Å². The van der Waals surface area contributed by atoms with Crippen LogP contribution in [0.15, 0.2) is 60.2 Å². The summed E-state index contributed by atoms with van der Waals surface area (Å²) in [5.74, 6) is -0.922. The van der Waals surface area contributed by atoms with E-state index in [0.29, 0.717) is 13.0 Å². The highest BCUT2D eigenvalue weighted by atomic mass is 16.6. The number of carbonyl (C=O) groups is 2. The zero-order chi connectivity index (χ0) is 19.5. The quantitative estimate of drug-likeness (QED) is 0.870. The van der Waals surface area contributed by atoms with Crippen LogP contribution in [0.5, 0.6) is 0 Å². The van der Waals surface area contributed by atoms with Crippen molar-refractivity contribution < 1.29 is 19.4 Å². The fourth-order valence-corrected chi connectivity index (χ4v) is 4.12. The van der Waals surface area contributed by atoms with E-state index < -0.39 is 18.1 Å². The number of rotatable bonds is 4. The number of carboxylic acids is 1. The molecule has 2 aromatic carbocycles. The van der Waals surface area contributed by atoms with Gasteiger partial charge < -0.3 is 9.84 Å². The van der Waals surface area contributed by atoms with E-state index in [-0.39, 0.29) is 12.5 Å².